The number of amides is 1. The molecule has 31 heavy (non-hydrogen) atoms. The fourth-order valence-corrected chi connectivity index (χ4v) is 5.84. The number of nitrogens with zero attached hydrogens (tertiary/aromatic N) is 4. The van der Waals surface area contributed by atoms with Crippen molar-refractivity contribution in [2.75, 3.05) is 18.4 Å². The van der Waals surface area contributed by atoms with E-state index in [1.165, 1.54) is 18.4 Å². The highest BCUT2D eigenvalue weighted by molar-refractivity contribution is 7.89. The second kappa shape index (κ2) is 7.88. The molecule has 1 N–H and O–H groups in total. The number of hydrogen-bond donors (Lipinski definition) is 1. The molecule has 4 rings (SSSR count). The van der Waals surface area contributed by atoms with Crippen LogP contribution < -0.4 is 5.32 Å². The van der Waals surface area contributed by atoms with Gasteiger partial charge < -0.3 is 5.32 Å². The molecular formula is C18H18F3N5O3S2. The summed E-state index contributed by atoms with van der Waals surface area (Å²) in [6.45, 7) is -0.116. The first-order chi connectivity index (χ1) is 14.6. The first-order valence-electron chi connectivity index (χ1n) is 9.31. The summed E-state index contributed by atoms with van der Waals surface area (Å²) in [5.74, 6) is -0.711. The molecule has 3 aromatic rings. The Hall–Kier alpha value is -2.51. The average Bonchev–Trinajstić information content (AvgIpc) is 3.34. The summed E-state index contributed by atoms with van der Waals surface area (Å²) in [4.78, 5) is 15.9. The number of carbonyl (C=O) groups is 1. The highest BCUT2D eigenvalue weighted by Crippen LogP contribution is 2.35. The van der Waals surface area contributed by atoms with Crippen molar-refractivity contribution in [2.24, 2.45) is 13.0 Å². The van der Waals surface area contributed by atoms with Gasteiger partial charge in [0.15, 0.2) is 5.69 Å². The number of piperidine rings is 1. The number of nitrogens with one attached hydrogen (secondary N) is 1. The number of thiazole rings is 1. The van der Waals surface area contributed by atoms with E-state index in [0.717, 1.165) is 25.4 Å². The number of rotatable bonds is 4. The maximum Gasteiger partial charge on any atom is 0.436 e. The molecule has 1 amide bonds. The van der Waals surface area contributed by atoms with Gasteiger partial charge in [-0.05, 0) is 31.0 Å². The summed E-state index contributed by atoms with van der Waals surface area (Å²) in [7, 11) is -3.16. The van der Waals surface area contributed by atoms with Crippen LogP contribution in [0.1, 0.15) is 18.5 Å². The van der Waals surface area contributed by atoms with Crippen LogP contribution in [0.25, 0.3) is 10.2 Å². The fourth-order valence-electron chi connectivity index (χ4n) is 3.53. The van der Waals surface area contributed by atoms with Crippen molar-refractivity contribution in [3.8, 4) is 0 Å². The number of aromatic nitrogens is 3. The predicted octanol–water partition coefficient (Wildman–Crippen LogP) is 3.09. The SMILES string of the molecule is Cn1cc(S(=O)(=O)N2CCC(C(=O)Nc3ccc4scnc4c3)CC2)c(C(F)(F)F)n1. The normalized spacial score (nSPS) is 16.6. The Morgan fingerprint density at radius 1 is 1.26 bits per heavy atom. The Bertz CT molecular complexity index is 1230. The van der Waals surface area contributed by atoms with E-state index in [-0.39, 0.29) is 31.8 Å². The molecule has 3 heterocycles. The van der Waals surface area contributed by atoms with E-state index in [1.54, 1.807) is 17.6 Å². The summed E-state index contributed by atoms with van der Waals surface area (Å²) < 4.78 is 68.0. The zero-order valence-corrected chi connectivity index (χ0v) is 17.9. The maximum atomic E-state index is 13.2. The topological polar surface area (TPSA) is 97.2 Å². The van der Waals surface area contributed by atoms with Gasteiger partial charge in [0.25, 0.3) is 0 Å². The summed E-state index contributed by atoms with van der Waals surface area (Å²) >= 11 is 1.48. The lowest BCUT2D eigenvalue weighted by atomic mass is 9.97. The number of sulfonamides is 1. The largest absolute Gasteiger partial charge is 0.436 e. The van der Waals surface area contributed by atoms with Gasteiger partial charge in [-0.3, -0.25) is 9.48 Å². The standard InChI is InChI=1S/C18H18F3N5O3S2/c1-25-9-15(16(24-25)18(19,20)21)31(28,29)26-6-4-11(5-7-26)17(27)23-12-2-3-14-13(8-12)22-10-30-14/h2-3,8-11H,4-7H2,1H3,(H,23,27). The first kappa shape index (κ1) is 21.7. The number of alkyl halides is 3. The van der Waals surface area contributed by atoms with Gasteiger partial charge in [0.1, 0.15) is 4.90 Å². The minimum Gasteiger partial charge on any atom is -0.326 e. The van der Waals surface area contributed by atoms with Gasteiger partial charge in [0.05, 0.1) is 15.7 Å². The summed E-state index contributed by atoms with van der Waals surface area (Å²) in [6, 6.07) is 5.37. The molecule has 0 unspecified atom stereocenters. The van der Waals surface area contributed by atoms with Crippen molar-refractivity contribution in [1.82, 2.24) is 19.1 Å². The molecule has 166 valence electrons. The number of benzene rings is 1. The number of carbonyl (C=O) groups excluding carboxylic acids is 1. The molecule has 8 nitrogen and oxygen atoms in total. The van der Waals surface area contributed by atoms with E-state index in [4.69, 9.17) is 0 Å². The van der Waals surface area contributed by atoms with E-state index >= 15 is 0 Å². The monoisotopic (exact) mass is 473 g/mol. The van der Waals surface area contributed by atoms with Gasteiger partial charge in [-0.15, -0.1) is 11.3 Å². The number of hydrogen-bond acceptors (Lipinski definition) is 6. The van der Waals surface area contributed by atoms with Crippen LogP contribution in [0.4, 0.5) is 18.9 Å². The lowest BCUT2D eigenvalue weighted by Crippen LogP contribution is -2.41. The van der Waals surface area contributed by atoms with E-state index in [0.29, 0.717) is 5.69 Å². The van der Waals surface area contributed by atoms with E-state index < -0.39 is 32.7 Å². The third kappa shape index (κ3) is 4.29. The van der Waals surface area contributed by atoms with Crippen LogP contribution in [0.15, 0.2) is 34.8 Å². The molecule has 1 fully saturated rings. The van der Waals surface area contributed by atoms with Gasteiger partial charge in [0.2, 0.25) is 15.9 Å². The van der Waals surface area contributed by atoms with Crippen LogP contribution in [-0.2, 0) is 28.0 Å². The third-order valence-corrected chi connectivity index (χ3v) is 7.81. The van der Waals surface area contributed by atoms with Crippen molar-refractivity contribution in [2.45, 2.75) is 23.9 Å². The van der Waals surface area contributed by atoms with Crippen molar-refractivity contribution in [1.29, 1.82) is 0 Å². The summed E-state index contributed by atoms with van der Waals surface area (Å²) in [6.07, 6.45) is -3.64. The van der Waals surface area contributed by atoms with Crippen LogP contribution in [0.2, 0.25) is 0 Å². The minimum atomic E-state index is -4.89. The third-order valence-electron chi connectivity index (χ3n) is 5.10. The van der Waals surface area contributed by atoms with Crippen LogP contribution in [-0.4, -0.2) is 46.5 Å². The van der Waals surface area contributed by atoms with Gasteiger partial charge in [-0.1, -0.05) is 0 Å². The molecule has 1 aliphatic heterocycles. The zero-order valence-electron chi connectivity index (χ0n) is 16.3. The van der Waals surface area contributed by atoms with Crippen molar-refractivity contribution in [3.05, 3.63) is 35.6 Å². The van der Waals surface area contributed by atoms with E-state index in [2.05, 4.69) is 15.4 Å². The Labute approximate surface area is 179 Å². The molecule has 1 aliphatic rings. The molecule has 0 radical (unpaired) electrons. The Morgan fingerprint density at radius 2 is 1.97 bits per heavy atom. The second-order valence-corrected chi connectivity index (χ2v) is 10.0. The molecule has 1 saturated heterocycles. The van der Waals surface area contributed by atoms with Crippen LogP contribution in [0.3, 0.4) is 0 Å². The van der Waals surface area contributed by atoms with Gasteiger partial charge >= 0.3 is 6.18 Å². The molecule has 0 atom stereocenters. The van der Waals surface area contributed by atoms with Crippen LogP contribution in [0.5, 0.6) is 0 Å². The molecule has 1 aromatic carbocycles. The molecule has 0 aliphatic carbocycles. The van der Waals surface area contributed by atoms with Gasteiger partial charge in [-0.2, -0.15) is 22.6 Å². The molecule has 0 saturated carbocycles. The van der Waals surface area contributed by atoms with Crippen molar-refractivity contribution in [3.63, 3.8) is 0 Å². The highest BCUT2D eigenvalue weighted by atomic mass is 32.2. The second-order valence-electron chi connectivity index (χ2n) is 7.22. The van der Waals surface area contributed by atoms with Gasteiger partial charge in [-0.25, -0.2) is 13.4 Å². The fraction of sp³-hybridized carbons (Fsp3) is 0.389. The summed E-state index contributed by atoms with van der Waals surface area (Å²) in [5, 5.41) is 6.07. The zero-order chi connectivity index (χ0) is 22.4. The van der Waals surface area contributed by atoms with E-state index in [1.807, 2.05) is 6.07 Å². The molecule has 2 aromatic heterocycles. The molecule has 0 bridgehead atoms. The van der Waals surface area contributed by atoms with Crippen molar-refractivity contribution < 1.29 is 26.4 Å². The quantitative estimate of drug-likeness (QED) is 0.628. The predicted molar refractivity (Wildman–Crippen MR) is 108 cm³/mol. The van der Waals surface area contributed by atoms with Crippen LogP contribution in [0, 0.1) is 5.92 Å². The smallest absolute Gasteiger partial charge is 0.326 e. The number of aryl methyl sites for hydroxylation is 1. The number of fused-ring (bicyclic) bond motifs is 1. The Morgan fingerprint density at radius 3 is 2.65 bits per heavy atom. The van der Waals surface area contributed by atoms with Crippen LogP contribution >= 0.6 is 11.3 Å². The summed E-state index contributed by atoms with van der Waals surface area (Å²) in [5.41, 5.74) is 1.62. The van der Waals surface area contributed by atoms with Gasteiger partial charge in [0, 0.05) is 37.9 Å². The molecule has 13 heteroatoms. The Balaban J connectivity index is 1.44. The average molecular weight is 474 g/mol. The van der Waals surface area contributed by atoms with E-state index in [9.17, 15) is 26.4 Å². The highest BCUT2D eigenvalue weighted by Gasteiger charge is 2.43. The lowest BCUT2D eigenvalue weighted by Gasteiger charge is -2.30. The lowest BCUT2D eigenvalue weighted by molar-refractivity contribution is -0.143. The molecule has 0 spiro atoms. The minimum absolute atomic E-state index is 0.0578. The Kier molecular flexibility index (Phi) is 5.52. The maximum absolute atomic E-state index is 13.2. The number of halogens is 3. The van der Waals surface area contributed by atoms with Crippen molar-refractivity contribution >= 4 is 43.2 Å². The number of anilines is 1. The first-order valence-corrected chi connectivity index (χ1v) is 11.6. The molecular weight excluding hydrogens is 455 g/mol.